The molecule has 0 aliphatic heterocycles. The van der Waals surface area contributed by atoms with Crippen LogP contribution in [-0.4, -0.2) is 37.8 Å². The van der Waals surface area contributed by atoms with Crippen LogP contribution in [0.4, 0.5) is 4.39 Å². The van der Waals surface area contributed by atoms with E-state index in [4.69, 9.17) is 0 Å². The van der Waals surface area contributed by atoms with Gasteiger partial charge in [-0.15, -0.1) is 0 Å². The molecular formula is C19H29FN2O3S. The molecule has 0 spiro atoms. The fourth-order valence-corrected chi connectivity index (χ4v) is 5.07. The van der Waals surface area contributed by atoms with Crippen molar-refractivity contribution in [3.63, 3.8) is 0 Å². The Labute approximate surface area is 156 Å². The van der Waals surface area contributed by atoms with Crippen molar-refractivity contribution in [3.8, 4) is 0 Å². The second kappa shape index (κ2) is 8.48. The number of nitrogens with one attached hydrogen (secondary N) is 1. The van der Waals surface area contributed by atoms with Gasteiger partial charge in [0.05, 0.1) is 10.5 Å². The van der Waals surface area contributed by atoms with Crippen LogP contribution in [0, 0.1) is 17.7 Å². The number of hydrogen-bond acceptors (Lipinski definition) is 3. The number of nitrogens with zero attached hydrogens (tertiary/aromatic N) is 1. The van der Waals surface area contributed by atoms with Gasteiger partial charge in [-0.25, -0.2) is 12.8 Å². The number of hydrogen-bond donors (Lipinski definition) is 1. The minimum absolute atomic E-state index is 0.0197. The maximum Gasteiger partial charge on any atom is 0.254 e. The van der Waals surface area contributed by atoms with Crippen molar-refractivity contribution in [1.82, 2.24) is 9.62 Å². The molecule has 1 amide bonds. The van der Waals surface area contributed by atoms with Gasteiger partial charge >= 0.3 is 0 Å². The van der Waals surface area contributed by atoms with Crippen molar-refractivity contribution in [2.45, 2.75) is 57.9 Å². The highest BCUT2D eigenvalue weighted by atomic mass is 32.2. The second-order valence-electron chi connectivity index (χ2n) is 7.08. The summed E-state index contributed by atoms with van der Waals surface area (Å²) in [6.45, 7) is 8.35. The molecule has 0 saturated heterocycles. The van der Waals surface area contributed by atoms with Gasteiger partial charge in [-0.2, -0.15) is 4.31 Å². The maximum atomic E-state index is 14.2. The van der Waals surface area contributed by atoms with E-state index in [-0.39, 0.29) is 16.5 Å². The third-order valence-electron chi connectivity index (χ3n) is 5.55. The van der Waals surface area contributed by atoms with Crippen molar-refractivity contribution in [3.05, 3.63) is 29.6 Å². The molecular weight excluding hydrogens is 355 g/mol. The number of amides is 1. The van der Waals surface area contributed by atoms with E-state index in [2.05, 4.69) is 19.2 Å². The van der Waals surface area contributed by atoms with Gasteiger partial charge < -0.3 is 5.32 Å². The SMILES string of the molecule is CCN(CC)S(=O)(=O)c1ccc(F)c(C(=O)NC2CCCC(C)C2C)c1. The van der Waals surface area contributed by atoms with Crippen molar-refractivity contribution < 1.29 is 17.6 Å². The van der Waals surface area contributed by atoms with Crippen molar-refractivity contribution in [2.24, 2.45) is 11.8 Å². The summed E-state index contributed by atoms with van der Waals surface area (Å²) in [5, 5.41) is 2.90. The van der Waals surface area contributed by atoms with Gasteiger partial charge in [0.2, 0.25) is 10.0 Å². The number of sulfonamides is 1. The Kier molecular flexibility index (Phi) is 6.80. The Morgan fingerprint density at radius 2 is 1.88 bits per heavy atom. The number of rotatable bonds is 6. The highest BCUT2D eigenvalue weighted by Gasteiger charge is 2.30. The van der Waals surface area contributed by atoms with Crippen LogP contribution in [0.15, 0.2) is 23.1 Å². The summed E-state index contributed by atoms with van der Waals surface area (Å²) in [7, 11) is -3.74. The van der Waals surface area contributed by atoms with E-state index in [9.17, 15) is 17.6 Å². The van der Waals surface area contributed by atoms with E-state index in [0.717, 1.165) is 31.4 Å². The average molecular weight is 385 g/mol. The van der Waals surface area contributed by atoms with E-state index in [0.29, 0.717) is 24.9 Å². The molecule has 7 heteroatoms. The van der Waals surface area contributed by atoms with Crippen LogP contribution in [0.3, 0.4) is 0 Å². The molecule has 1 aromatic carbocycles. The number of halogens is 1. The zero-order valence-electron chi connectivity index (χ0n) is 16.0. The van der Waals surface area contributed by atoms with Crippen LogP contribution in [0.25, 0.3) is 0 Å². The van der Waals surface area contributed by atoms with E-state index in [1.807, 2.05) is 0 Å². The molecule has 1 saturated carbocycles. The average Bonchev–Trinajstić information content (AvgIpc) is 2.60. The third kappa shape index (κ3) is 4.26. The molecule has 1 N–H and O–H groups in total. The molecule has 0 aromatic heterocycles. The molecule has 2 rings (SSSR count). The standard InChI is InChI=1S/C19H29FN2O3S/c1-5-22(6-2)26(24,25)15-10-11-17(20)16(12-15)19(23)21-18-9-7-8-13(3)14(18)4/h10-14,18H,5-9H2,1-4H3,(H,21,23). The van der Waals surface area contributed by atoms with Crippen LogP contribution in [0.5, 0.6) is 0 Å². The maximum absolute atomic E-state index is 14.2. The van der Waals surface area contributed by atoms with Crippen LogP contribution >= 0.6 is 0 Å². The molecule has 3 unspecified atom stereocenters. The molecule has 146 valence electrons. The number of benzene rings is 1. The number of carbonyl (C=O) groups excluding carboxylic acids is 1. The summed E-state index contributed by atoms with van der Waals surface area (Å²) < 4.78 is 40.8. The van der Waals surface area contributed by atoms with Crippen LogP contribution in [0.2, 0.25) is 0 Å². The fraction of sp³-hybridized carbons (Fsp3) is 0.632. The Morgan fingerprint density at radius 1 is 1.23 bits per heavy atom. The molecule has 0 bridgehead atoms. The van der Waals surface area contributed by atoms with Gasteiger partial charge in [-0.3, -0.25) is 4.79 Å². The van der Waals surface area contributed by atoms with Gasteiger partial charge in [0.15, 0.2) is 0 Å². The predicted molar refractivity (Wildman–Crippen MR) is 99.9 cm³/mol. The highest BCUT2D eigenvalue weighted by molar-refractivity contribution is 7.89. The topological polar surface area (TPSA) is 66.5 Å². The molecule has 5 nitrogen and oxygen atoms in total. The van der Waals surface area contributed by atoms with Gasteiger partial charge in [0, 0.05) is 19.1 Å². The minimum atomic E-state index is -3.74. The normalized spacial score (nSPS) is 23.8. The van der Waals surface area contributed by atoms with E-state index < -0.39 is 21.7 Å². The Morgan fingerprint density at radius 3 is 2.50 bits per heavy atom. The summed E-state index contributed by atoms with van der Waals surface area (Å²) in [5.41, 5.74) is -0.219. The Balaban J connectivity index is 2.28. The zero-order chi connectivity index (χ0) is 19.5. The molecule has 1 fully saturated rings. The lowest BCUT2D eigenvalue weighted by Crippen LogP contribution is -2.44. The smallest absolute Gasteiger partial charge is 0.254 e. The van der Waals surface area contributed by atoms with Crippen molar-refractivity contribution in [1.29, 1.82) is 0 Å². The van der Waals surface area contributed by atoms with Crippen molar-refractivity contribution in [2.75, 3.05) is 13.1 Å². The summed E-state index contributed by atoms with van der Waals surface area (Å²) in [4.78, 5) is 12.6. The lowest BCUT2D eigenvalue weighted by atomic mass is 9.78. The largest absolute Gasteiger partial charge is 0.349 e. The highest BCUT2D eigenvalue weighted by Crippen LogP contribution is 2.30. The summed E-state index contributed by atoms with van der Waals surface area (Å²) in [5.74, 6) is -0.464. The lowest BCUT2D eigenvalue weighted by Gasteiger charge is -2.34. The van der Waals surface area contributed by atoms with Crippen LogP contribution < -0.4 is 5.32 Å². The predicted octanol–water partition coefficient (Wildman–Crippen LogP) is 3.41. The second-order valence-corrected chi connectivity index (χ2v) is 9.02. The van der Waals surface area contributed by atoms with Crippen LogP contribution in [0.1, 0.15) is 57.3 Å². The minimum Gasteiger partial charge on any atom is -0.349 e. The first-order valence-corrected chi connectivity index (χ1v) is 10.8. The summed E-state index contributed by atoms with van der Waals surface area (Å²) >= 11 is 0. The van der Waals surface area contributed by atoms with E-state index >= 15 is 0 Å². The monoisotopic (exact) mass is 384 g/mol. The van der Waals surface area contributed by atoms with Gasteiger partial charge in [0.1, 0.15) is 5.82 Å². The van der Waals surface area contributed by atoms with Gasteiger partial charge in [-0.1, -0.05) is 40.5 Å². The first-order valence-electron chi connectivity index (χ1n) is 9.32. The van der Waals surface area contributed by atoms with Gasteiger partial charge in [0.25, 0.3) is 5.91 Å². The Bertz CT molecular complexity index is 747. The molecule has 0 radical (unpaired) electrons. The van der Waals surface area contributed by atoms with Crippen LogP contribution in [-0.2, 0) is 10.0 Å². The first-order chi connectivity index (χ1) is 12.2. The molecule has 1 aliphatic rings. The summed E-state index contributed by atoms with van der Waals surface area (Å²) in [6, 6.07) is 3.40. The van der Waals surface area contributed by atoms with E-state index in [1.54, 1.807) is 13.8 Å². The quantitative estimate of drug-likeness (QED) is 0.817. The van der Waals surface area contributed by atoms with Crippen molar-refractivity contribution >= 4 is 15.9 Å². The molecule has 1 aliphatic carbocycles. The number of carbonyl (C=O) groups is 1. The van der Waals surface area contributed by atoms with E-state index in [1.165, 1.54) is 10.4 Å². The zero-order valence-corrected chi connectivity index (χ0v) is 16.8. The fourth-order valence-electron chi connectivity index (χ4n) is 3.58. The molecule has 0 heterocycles. The molecule has 3 atom stereocenters. The first kappa shape index (κ1) is 20.8. The van der Waals surface area contributed by atoms with Gasteiger partial charge in [-0.05, 0) is 36.5 Å². The molecule has 1 aromatic rings. The third-order valence-corrected chi connectivity index (χ3v) is 7.59. The summed E-state index contributed by atoms with van der Waals surface area (Å²) in [6.07, 6.45) is 3.01. The molecule has 26 heavy (non-hydrogen) atoms. The Hall–Kier alpha value is -1.47. The lowest BCUT2D eigenvalue weighted by molar-refractivity contribution is 0.0886.